The highest BCUT2D eigenvalue weighted by Gasteiger charge is 2.35. The normalized spacial score (nSPS) is 17.1. The molecule has 0 N–H and O–H groups in total. The highest BCUT2D eigenvalue weighted by Crippen LogP contribution is 2.23. The zero-order valence-electron chi connectivity index (χ0n) is 11.2. The third-order valence-electron chi connectivity index (χ3n) is 2.53. The Bertz CT molecular complexity index is 238. The lowest BCUT2D eigenvalue weighted by molar-refractivity contribution is -0.0105. The minimum absolute atomic E-state index is 0.0285. The van der Waals surface area contributed by atoms with Crippen molar-refractivity contribution in [3.05, 3.63) is 25.5 Å². The molecule has 2 atom stereocenters. The summed E-state index contributed by atoms with van der Waals surface area (Å²) in [7, 11) is 2.07. The summed E-state index contributed by atoms with van der Waals surface area (Å²) in [5, 5.41) is 0. The fourth-order valence-corrected chi connectivity index (χ4v) is 1.68. The molecule has 0 aromatic rings. The molecular weight excluding hydrogens is 199 g/mol. The molecule has 3 heteroatoms. The highest BCUT2D eigenvalue weighted by atomic mass is 16.5. The molecule has 0 saturated carbocycles. The van der Waals surface area contributed by atoms with Crippen LogP contribution in [-0.2, 0) is 9.47 Å². The van der Waals surface area contributed by atoms with Gasteiger partial charge in [-0.1, -0.05) is 19.6 Å². The van der Waals surface area contributed by atoms with Crippen LogP contribution in [-0.4, -0.2) is 24.4 Å². The molecular formula is C13H24BO2. The van der Waals surface area contributed by atoms with E-state index in [0.717, 1.165) is 6.42 Å². The third-order valence-corrected chi connectivity index (χ3v) is 2.53. The zero-order chi connectivity index (χ0) is 12.8. The van der Waals surface area contributed by atoms with E-state index in [-0.39, 0.29) is 17.1 Å². The van der Waals surface area contributed by atoms with Crippen molar-refractivity contribution < 1.29 is 9.47 Å². The first-order valence-corrected chi connectivity index (χ1v) is 5.74. The lowest BCUT2D eigenvalue weighted by atomic mass is 9.50. The first-order chi connectivity index (χ1) is 7.28. The van der Waals surface area contributed by atoms with Crippen molar-refractivity contribution in [3.63, 3.8) is 0 Å². The molecule has 0 amide bonds. The first-order valence-electron chi connectivity index (χ1n) is 5.74. The lowest BCUT2D eigenvalue weighted by Crippen LogP contribution is -2.49. The molecule has 0 aliphatic heterocycles. The second-order valence-corrected chi connectivity index (χ2v) is 4.76. The monoisotopic (exact) mass is 223 g/mol. The van der Waals surface area contributed by atoms with E-state index < -0.39 is 0 Å². The van der Waals surface area contributed by atoms with Crippen LogP contribution in [0.4, 0.5) is 0 Å². The van der Waals surface area contributed by atoms with E-state index in [1.165, 1.54) is 6.26 Å². The van der Waals surface area contributed by atoms with Gasteiger partial charge in [0.2, 0.25) is 7.28 Å². The summed E-state index contributed by atoms with van der Waals surface area (Å²) in [6, 6.07) is 0. The van der Waals surface area contributed by atoms with Crippen LogP contribution in [0.1, 0.15) is 41.0 Å². The van der Waals surface area contributed by atoms with E-state index in [1.807, 2.05) is 20.8 Å². The van der Waals surface area contributed by atoms with Gasteiger partial charge in [0.15, 0.2) is 0 Å². The first kappa shape index (κ1) is 15.3. The second-order valence-electron chi connectivity index (χ2n) is 4.76. The minimum Gasteiger partial charge on any atom is -0.505 e. The molecule has 2 unspecified atom stereocenters. The minimum atomic E-state index is -0.382. The van der Waals surface area contributed by atoms with Crippen molar-refractivity contribution in [2.24, 2.45) is 0 Å². The SMILES string of the molecule is C=COC(C)(C)[B]C(C)(CC)OC(C)C=C. The van der Waals surface area contributed by atoms with Gasteiger partial charge >= 0.3 is 0 Å². The van der Waals surface area contributed by atoms with Gasteiger partial charge in [-0.2, -0.15) is 0 Å². The van der Waals surface area contributed by atoms with Crippen LogP contribution >= 0.6 is 0 Å². The molecule has 2 nitrogen and oxygen atoms in total. The van der Waals surface area contributed by atoms with Crippen molar-refractivity contribution in [3.8, 4) is 0 Å². The topological polar surface area (TPSA) is 18.5 Å². The van der Waals surface area contributed by atoms with E-state index in [9.17, 15) is 0 Å². The van der Waals surface area contributed by atoms with Gasteiger partial charge in [0.25, 0.3) is 0 Å². The average Bonchev–Trinajstić information content (AvgIpc) is 2.16. The van der Waals surface area contributed by atoms with Crippen LogP contribution in [0.5, 0.6) is 0 Å². The molecule has 91 valence electrons. The van der Waals surface area contributed by atoms with Crippen molar-refractivity contribution >= 4 is 7.28 Å². The maximum atomic E-state index is 5.93. The van der Waals surface area contributed by atoms with Crippen molar-refractivity contribution in [1.82, 2.24) is 0 Å². The lowest BCUT2D eigenvalue weighted by Gasteiger charge is -2.36. The van der Waals surface area contributed by atoms with Gasteiger partial charge in [-0.05, 0) is 34.1 Å². The Balaban J connectivity index is 4.57. The molecule has 0 aliphatic rings. The molecule has 0 fully saturated rings. The summed E-state index contributed by atoms with van der Waals surface area (Å²) >= 11 is 0. The average molecular weight is 223 g/mol. The number of hydrogen-bond donors (Lipinski definition) is 0. The van der Waals surface area contributed by atoms with Crippen molar-refractivity contribution in [2.75, 3.05) is 0 Å². The molecule has 0 aromatic carbocycles. The number of ether oxygens (including phenoxy) is 2. The number of hydrogen-bond acceptors (Lipinski definition) is 2. The number of rotatable bonds is 8. The predicted octanol–water partition coefficient (Wildman–Crippen LogP) is 3.30. The van der Waals surface area contributed by atoms with Gasteiger partial charge < -0.3 is 9.47 Å². The van der Waals surface area contributed by atoms with E-state index in [2.05, 4.69) is 34.3 Å². The molecule has 0 aliphatic carbocycles. The molecule has 0 aromatic heterocycles. The Morgan fingerprint density at radius 3 is 2.25 bits per heavy atom. The largest absolute Gasteiger partial charge is 0.505 e. The maximum absolute atomic E-state index is 5.93. The van der Waals surface area contributed by atoms with Crippen LogP contribution < -0.4 is 0 Å². The van der Waals surface area contributed by atoms with E-state index in [4.69, 9.17) is 9.47 Å². The van der Waals surface area contributed by atoms with Gasteiger partial charge in [0.1, 0.15) is 0 Å². The summed E-state index contributed by atoms with van der Waals surface area (Å²) in [6.07, 6.45) is 4.17. The Morgan fingerprint density at radius 1 is 1.31 bits per heavy atom. The fourth-order valence-electron chi connectivity index (χ4n) is 1.68. The summed E-state index contributed by atoms with van der Waals surface area (Å²) in [4.78, 5) is 0. The van der Waals surface area contributed by atoms with Gasteiger partial charge in [-0.3, -0.25) is 0 Å². The van der Waals surface area contributed by atoms with Gasteiger partial charge in [-0.15, -0.1) is 6.58 Å². The van der Waals surface area contributed by atoms with Gasteiger partial charge in [0, 0.05) is 5.50 Å². The second kappa shape index (κ2) is 6.14. The Hall–Kier alpha value is -0.695. The summed E-state index contributed by atoms with van der Waals surface area (Å²) in [5.74, 6) is 0. The van der Waals surface area contributed by atoms with Crippen LogP contribution in [0.3, 0.4) is 0 Å². The predicted molar refractivity (Wildman–Crippen MR) is 70.6 cm³/mol. The molecule has 0 spiro atoms. The highest BCUT2D eigenvalue weighted by molar-refractivity contribution is 6.43. The van der Waals surface area contributed by atoms with Crippen LogP contribution in [0.15, 0.2) is 25.5 Å². The van der Waals surface area contributed by atoms with Gasteiger partial charge in [0.05, 0.1) is 17.9 Å². The Kier molecular flexibility index (Phi) is 5.88. The molecule has 0 heterocycles. The molecule has 0 saturated heterocycles. The molecule has 0 bridgehead atoms. The quantitative estimate of drug-likeness (QED) is 0.357. The van der Waals surface area contributed by atoms with Gasteiger partial charge in [-0.25, -0.2) is 0 Å². The smallest absolute Gasteiger partial charge is 0.211 e. The van der Waals surface area contributed by atoms with E-state index >= 15 is 0 Å². The van der Waals surface area contributed by atoms with Crippen LogP contribution in [0.25, 0.3) is 0 Å². The summed E-state index contributed by atoms with van der Waals surface area (Å²) < 4.78 is 11.4. The summed E-state index contributed by atoms with van der Waals surface area (Å²) in [6.45, 7) is 17.4. The van der Waals surface area contributed by atoms with Crippen LogP contribution in [0.2, 0.25) is 0 Å². The molecule has 1 radical (unpaired) electrons. The third kappa shape index (κ3) is 5.41. The fraction of sp³-hybridized carbons (Fsp3) is 0.692. The van der Waals surface area contributed by atoms with Crippen molar-refractivity contribution in [2.45, 2.75) is 58.1 Å². The van der Waals surface area contributed by atoms with E-state index in [0.29, 0.717) is 0 Å². The Labute approximate surface area is 101 Å². The Morgan fingerprint density at radius 2 is 1.88 bits per heavy atom. The standard InChI is InChI=1S/C13H24BO2/c1-8-11(4)16-13(7,9-2)14-12(5,6)15-10-3/h8,10-11H,1,3,9H2,2,4-7H3. The molecule has 16 heavy (non-hydrogen) atoms. The molecule has 0 rings (SSSR count). The summed E-state index contributed by atoms with van der Waals surface area (Å²) in [5.41, 5.74) is -0.701. The maximum Gasteiger partial charge on any atom is 0.211 e. The van der Waals surface area contributed by atoms with Crippen molar-refractivity contribution in [1.29, 1.82) is 0 Å². The van der Waals surface area contributed by atoms with E-state index in [1.54, 1.807) is 6.08 Å². The zero-order valence-corrected chi connectivity index (χ0v) is 11.2. The van der Waals surface area contributed by atoms with Crippen LogP contribution in [0, 0.1) is 0 Å².